The minimum absolute atomic E-state index is 0. The molecular formula is H6B3Na3O12. The van der Waals surface area contributed by atoms with Crippen LogP contribution in [0.25, 0.3) is 0 Å². The Bertz CT molecular complexity index is 110. The summed E-state index contributed by atoms with van der Waals surface area (Å²) < 4.78 is 12.6. The van der Waals surface area contributed by atoms with Gasteiger partial charge in [-0.05, 0) is 0 Å². The molecule has 6 N–H and O–H groups in total. The summed E-state index contributed by atoms with van der Waals surface area (Å²) in [5.74, 6) is 0. The van der Waals surface area contributed by atoms with Crippen LogP contribution in [0.15, 0.2) is 0 Å². The van der Waals surface area contributed by atoms with Crippen LogP contribution < -0.4 is 104 Å². The zero-order valence-electron chi connectivity index (χ0n) is 9.91. The molecule has 1 heterocycles. The van der Waals surface area contributed by atoms with Crippen LogP contribution in [-0.2, 0) is 28.1 Å². The molecular weight excluding hydrogens is 293 g/mol. The van der Waals surface area contributed by atoms with Crippen LogP contribution in [0.2, 0.25) is 0 Å². The van der Waals surface area contributed by atoms with E-state index in [0.29, 0.717) is 0 Å². The van der Waals surface area contributed by atoms with Crippen molar-refractivity contribution in [2.45, 2.75) is 0 Å². The molecule has 1 rings (SSSR count). The molecule has 1 saturated heterocycles. The number of hydrogen-bond donors (Lipinski definition) is 0. The minimum atomic E-state index is -1.78. The Hall–Kier alpha value is 2.71. The Morgan fingerprint density at radius 3 is 0.833 bits per heavy atom. The molecule has 1 fully saturated rings. The summed E-state index contributed by atoms with van der Waals surface area (Å²) in [6.07, 6.45) is 0. The summed E-state index contributed by atoms with van der Waals surface area (Å²) >= 11 is 0. The van der Waals surface area contributed by atoms with E-state index in [1.165, 1.54) is 0 Å². The molecule has 12 nitrogen and oxygen atoms in total. The molecule has 90 valence electrons. The third kappa shape index (κ3) is 13.7. The molecule has 0 aromatic carbocycles. The standard InChI is InChI=1S/B3H3O9.3Na.3H2O/c4-10-1-7-2(11-5)9-3(8-1)12-6;;;;;;/h4-6H;;;;3*1H2/q;3*+1;;;/p-3. The van der Waals surface area contributed by atoms with Gasteiger partial charge in [0, 0.05) is 0 Å². The maximum Gasteiger partial charge on any atom is 1.00 e. The van der Waals surface area contributed by atoms with E-state index in [2.05, 4.69) is 28.1 Å². The van der Waals surface area contributed by atoms with Crippen molar-refractivity contribution in [2.75, 3.05) is 0 Å². The summed E-state index contributed by atoms with van der Waals surface area (Å²) in [7, 11) is -5.34. The van der Waals surface area contributed by atoms with Crippen molar-refractivity contribution in [3.05, 3.63) is 0 Å². The fraction of sp³-hybridized carbons (Fsp3) is 0. The second kappa shape index (κ2) is 22.0. The van der Waals surface area contributed by atoms with Gasteiger partial charge in [0.15, 0.2) is 0 Å². The minimum Gasteiger partial charge on any atom is -0.737 e. The predicted molar refractivity (Wildman–Crippen MR) is 34.6 cm³/mol. The molecule has 0 aromatic rings. The van der Waals surface area contributed by atoms with Crippen molar-refractivity contribution >= 4 is 22.0 Å². The maximum atomic E-state index is 9.69. The van der Waals surface area contributed by atoms with Crippen LogP contribution in [0.1, 0.15) is 0 Å². The quantitative estimate of drug-likeness (QED) is 0.273. The van der Waals surface area contributed by atoms with Crippen molar-refractivity contribution < 1.29 is 149 Å². The van der Waals surface area contributed by atoms with Gasteiger partial charge in [0.05, 0.1) is 0 Å². The summed E-state index contributed by atoms with van der Waals surface area (Å²) in [5, 5.41) is 29.1. The molecule has 0 radical (unpaired) electrons. The molecule has 0 atom stereocenters. The normalized spacial score (nSPS) is 12.5. The van der Waals surface area contributed by atoms with Gasteiger partial charge in [0.1, 0.15) is 0 Å². The topological polar surface area (TPSA) is 219 Å². The molecule has 18 heavy (non-hydrogen) atoms. The van der Waals surface area contributed by atoms with Gasteiger partial charge >= 0.3 is 111 Å². The Kier molecular flexibility index (Phi) is 45.5. The molecule has 0 saturated carbocycles. The van der Waals surface area contributed by atoms with Crippen LogP contribution in [0.4, 0.5) is 0 Å². The van der Waals surface area contributed by atoms with E-state index < -0.39 is 22.0 Å². The molecule has 0 amide bonds. The van der Waals surface area contributed by atoms with Crippen LogP contribution in [-0.4, -0.2) is 38.4 Å². The zero-order chi connectivity index (χ0) is 8.97. The zero-order valence-corrected chi connectivity index (χ0v) is 15.9. The van der Waals surface area contributed by atoms with Gasteiger partial charge in [-0.25, -0.2) is 0 Å². The molecule has 0 aromatic heterocycles. The third-order valence-corrected chi connectivity index (χ3v) is 0.902. The Balaban J connectivity index is -0.0000000600. The molecule has 0 spiro atoms. The second-order valence-corrected chi connectivity index (χ2v) is 1.56. The first kappa shape index (κ1) is 37.2. The Morgan fingerprint density at radius 2 is 0.722 bits per heavy atom. The van der Waals surface area contributed by atoms with Crippen LogP contribution >= 0.6 is 0 Å². The van der Waals surface area contributed by atoms with E-state index in [9.17, 15) is 15.8 Å². The summed E-state index contributed by atoms with van der Waals surface area (Å²) in [4.78, 5) is 9.73. The molecule has 0 unspecified atom stereocenters. The SMILES string of the molecule is O.O.O.[Na+].[Na+].[Na+].[O-]OB1OB(O[O-])OB(O[O-])O1. The van der Waals surface area contributed by atoms with E-state index in [0.717, 1.165) is 0 Å². The first-order valence-corrected chi connectivity index (χ1v) is 2.62. The van der Waals surface area contributed by atoms with Crippen LogP contribution in [0.5, 0.6) is 0 Å². The third-order valence-electron chi connectivity index (χ3n) is 0.902. The average molecular weight is 299 g/mol. The fourth-order valence-corrected chi connectivity index (χ4v) is 0.504. The van der Waals surface area contributed by atoms with Crippen LogP contribution in [0.3, 0.4) is 0 Å². The van der Waals surface area contributed by atoms with Crippen molar-refractivity contribution in [1.82, 2.24) is 0 Å². The summed E-state index contributed by atoms with van der Waals surface area (Å²) in [6, 6.07) is 0. The number of hydrogen-bond acceptors (Lipinski definition) is 9. The maximum absolute atomic E-state index is 9.69. The van der Waals surface area contributed by atoms with Gasteiger partial charge in [-0.15, -0.1) is 0 Å². The average Bonchev–Trinajstić information content (AvgIpc) is 2.16. The van der Waals surface area contributed by atoms with Crippen LogP contribution in [0, 0.1) is 0 Å². The smallest absolute Gasteiger partial charge is 0.737 e. The molecule has 0 aliphatic carbocycles. The van der Waals surface area contributed by atoms with E-state index >= 15 is 0 Å². The number of rotatable bonds is 3. The van der Waals surface area contributed by atoms with Gasteiger partial charge in [0.25, 0.3) is 0 Å². The Labute approximate surface area is 169 Å². The van der Waals surface area contributed by atoms with Gasteiger partial charge in [-0.3, -0.25) is 0 Å². The van der Waals surface area contributed by atoms with E-state index in [1.54, 1.807) is 0 Å². The second-order valence-electron chi connectivity index (χ2n) is 1.56. The predicted octanol–water partition coefficient (Wildman–Crippen LogP) is -16.6. The fourth-order valence-electron chi connectivity index (χ4n) is 0.504. The molecule has 1 aliphatic rings. The molecule has 1 aliphatic heterocycles. The van der Waals surface area contributed by atoms with Gasteiger partial charge in [0.2, 0.25) is 0 Å². The van der Waals surface area contributed by atoms with Gasteiger partial charge in [-0.2, -0.15) is 0 Å². The summed E-state index contributed by atoms with van der Waals surface area (Å²) in [6.45, 7) is 0. The van der Waals surface area contributed by atoms with E-state index in [4.69, 9.17) is 0 Å². The first-order valence-electron chi connectivity index (χ1n) is 2.62. The van der Waals surface area contributed by atoms with E-state index in [1.807, 2.05) is 0 Å². The molecule has 0 bridgehead atoms. The Morgan fingerprint density at radius 1 is 0.556 bits per heavy atom. The van der Waals surface area contributed by atoms with Crippen molar-refractivity contribution in [3.63, 3.8) is 0 Å². The van der Waals surface area contributed by atoms with Crippen molar-refractivity contribution in [2.24, 2.45) is 0 Å². The van der Waals surface area contributed by atoms with Crippen molar-refractivity contribution in [3.8, 4) is 0 Å². The van der Waals surface area contributed by atoms with Gasteiger partial charge < -0.3 is 60.3 Å². The summed E-state index contributed by atoms with van der Waals surface area (Å²) in [5.41, 5.74) is 0. The molecule has 18 heteroatoms. The van der Waals surface area contributed by atoms with E-state index in [-0.39, 0.29) is 105 Å². The largest absolute Gasteiger partial charge is 1.00 e. The van der Waals surface area contributed by atoms with Gasteiger partial charge in [-0.1, -0.05) is 0 Å². The first-order chi connectivity index (χ1) is 5.80. The van der Waals surface area contributed by atoms with Crippen molar-refractivity contribution in [1.29, 1.82) is 0 Å². The monoisotopic (exact) mass is 300 g/mol.